The Labute approximate surface area is 186 Å². The summed E-state index contributed by atoms with van der Waals surface area (Å²) in [6, 6.07) is 10.9. The van der Waals surface area contributed by atoms with E-state index in [9.17, 15) is 4.79 Å². The van der Waals surface area contributed by atoms with Crippen LogP contribution >= 0.6 is 23.8 Å². The highest BCUT2D eigenvalue weighted by atomic mass is 35.5. The first-order valence-electron chi connectivity index (χ1n) is 9.45. The van der Waals surface area contributed by atoms with Crippen LogP contribution in [-0.4, -0.2) is 37.0 Å². The Morgan fingerprint density at radius 3 is 2.60 bits per heavy atom. The fourth-order valence-electron chi connectivity index (χ4n) is 2.40. The van der Waals surface area contributed by atoms with E-state index in [-0.39, 0.29) is 12.5 Å². The average Bonchev–Trinajstić information content (AvgIpc) is 2.69. The number of nitrogens with one attached hydrogen (secondary N) is 3. The van der Waals surface area contributed by atoms with Gasteiger partial charge in [-0.15, -0.1) is 0 Å². The van der Waals surface area contributed by atoms with Gasteiger partial charge in [0.05, 0.1) is 17.8 Å². The number of hydrogen-bond acceptors (Lipinski definition) is 5. The Morgan fingerprint density at radius 2 is 1.93 bits per heavy atom. The molecule has 0 saturated carbocycles. The summed E-state index contributed by atoms with van der Waals surface area (Å²) in [5, 5.41) is 10.5. The maximum Gasteiger partial charge on any atom is 0.262 e. The molecule has 0 aliphatic rings. The lowest BCUT2D eigenvalue weighted by atomic mass is 10.2. The zero-order valence-corrected chi connectivity index (χ0v) is 18.7. The van der Waals surface area contributed by atoms with Gasteiger partial charge in [-0.25, -0.2) is 0 Å². The van der Waals surface area contributed by atoms with Crippen LogP contribution in [0.2, 0.25) is 5.02 Å². The molecule has 0 fully saturated rings. The van der Waals surface area contributed by atoms with Crippen molar-refractivity contribution in [3.63, 3.8) is 0 Å². The molecule has 0 spiro atoms. The molecule has 0 atom stereocenters. The lowest BCUT2D eigenvalue weighted by Gasteiger charge is -2.14. The van der Waals surface area contributed by atoms with Crippen LogP contribution in [-0.2, 0) is 4.79 Å². The quantitative estimate of drug-likeness (QED) is 0.306. The zero-order chi connectivity index (χ0) is 21.9. The minimum absolute atomic E-state index is 0.209. The molecule has 2 aromatic rings. The normalized spacial score (nSPS) is 10.5. The van der Waals surface area contributed by atoms with Gasteiger partial charge in [-0.1, -0.05) is 29.3 Å². The summed E-state index contributed by atoms with van der Waals surface area (Å²) in [5.74, 6) is 0.416. The first-order chi connectivity index (χ1) is 14.4. The molecule has 7 nitrogen and oxygen atoms in total. The number of anilines is 1. The van der Waals surface area contributed by atoms with Crippen molar-refractivity contribution in [1.29, 1.82) is 0 Å². The van der Waals surface area contributed by atoms with Gasteiger partial charge >= 0.3 is 0 Å². The van der Waals surface area contributed by atoms with Crippen molar-refractivity contribution >= 4 is 46.7 Å². The third-order valence-corrected chi connectivity index (χ3v) is 4.25. The molecule has 0 heterocycles. The lowest BCUT2D eigenvalue weighted by molar-refractivity contribution is -0.118. The Bertz CT molecular complexity index is 904. The van der Waals surface area contributed by atoms with Gasteiger partial charge in [-0.3, -0.25) is 10.2 Å². The van der Waals surface area contributed by atoms with Crippen LogP contribution < -0.4 is 25.5 Å². The number of benzene rings is 2. The molecule has 0 aliphatic heterocycles. The van der Waals surface area contributed by atoms with Gasteiger partial charge in [0.25, 0.3) is 5.91 Å². The van der Waals surface area contributed by atoms with E-state index in [1.807, 2.05) is 45.0 Å². The van der Waals surface area contributed by atoms with Gasteiger partial charge in [0, 0.05) is 12.2 Å². The largest absolute Gasteiger partial charge is 0.490 e. The predicted octanol–water partition coefficient (Wildman–Crippen LogP) is 3.88. The van der Waals surface area contributed by atoms with E-state index in [4.69, 9.17) is 33.3 Å². The van der Waals surface area contributed by atoms with Crippen molar-refractivity contribution in [2.45, 2.75) is 20.8 Å². The molecular formula is C21H25ClN4O3S. The van der Waals surface area contributed by atoms with E-state index in [1.54, 1.807) is 18.3 Å². The number of carbonyl (C=O) groups excluding carboxylic acids is 1. The van der Waals surface area contributed by atoms with Crippen LogP contribution in [0.15, 0.2) is 41.5 Å². The number of ether oxygens (including phenoxy) is 2. The van der Waals surface area contributed by atoms with Crippen molar-refractivity contribution < 1.29 is 14.3 Å². The summed E-state index contributed by atoms with van der Waals surface area (Å²) >= 11 is 11.4. The minimum atomic E-state index is -0.302. The highest BCUT2D eigenvalue weighted by Crippen LogP contribution is 2.36. The average molecular weight is 449 g/mol. The van der Waals surface area contributed by atoms with E-state index in [0.29, 0.717) is 46.0 Å². The van der Waals surface area contributed by atoms with Crippen LogP contribution in [0.4, 0.5) is 5.69 Å². The van der Waals surface area contributed by atoms with Crippen LogP contribution in [0.5, 0.6) is 11.5 Å². The van der Waals surface area contributed by atoms with E-state index >= 15 is 0 Å². The number of nitrogens with zero attached hydrogens (tertiary/aromatic N) is 1. The number of halogens is 1. The van der Waals surface area contributed by atoms with E-state index in [1.165, 1.54) is 0 Å². The van der Waals surface area contributed by atoms with Crippen LogP contribution in [0.25, 0.3) is 0 Å². The summed E-state index contributed by atoms with van der Waals surface area (Å²) in [6.45, 7) is 6.66. The van der Waals surface area contributed by atoms with E-state index < -0.39 is 0 Å². The SMILES string of the molecule is CCNC(=S)NN=Cc1cc(Cl)c(OCC(=O)Nc2ccc(C)cc2)c(OCC)c1. The summed E-state index contributed by atoms with van der Waals surface area (Å²) in [6.07, 6.45) is 1.56. The molecule has 0 unspecified atom stereocenters. The Hall–Kier alpha value is -2.84. The molecular weight excluding hydrogens is 424 g/mol. The molecule has 3 N–H and O–H groups in total. The van der Waals surface area contributed by atoms with Crippen molar-refractivity contribution in [3.8, 4) is 11.5 Å². The summed E-state index contributed by atoms with van der Waals surface area (Å²) < 4.78 is 11.3. The lowest BCUT2D eigenvalue weighted by Crippen LogP contribution is -2.31. The van der Waals surface area contributed by atoms with Crippen LogP contribution in [0.3, 0.4) is 0 Å². The Morgan fingerprint density at radius 1 is 1.20 bits per heavy atom. The first-order valence-corrected chi connectivity index (χ1v) is 10.2. The Balaban J connectivity index is 2.05. The molecule has 160 valence electrons. The van der Waals surface area contributed by atoms with Crippen molar-refractivity contribution in [1.82, 2.24) is 10.7 Å². The minimum Gasteiger partial charge on any atom is -0.490 e. The third-order valence-electron chi connectivity index (χ3n) is 3.73. The van der Waals surface area contributed by atoms with Crippen molar-refractivity contribution in [2.75, 3.05) is 25.1 Å². The number of hydrogen-bond donors (Lipinski definition) is 3. The van der Waals surface area contributed by atoms with Gasteiger partial charge in [-0.05, 0) is 62.8 Å². The van der Waals surface area contributed by atoms with E-state index in [0.717, 1.165) is 5.56 Å². The van der Waals surface area contributed by atoms with Crippen molar-refractivity contribution in [2.24, 2.45) is 5.10 Å². The standard InChI is InChI=1S/C21H25ClN4O3S/c1-4-23-21(30)26-24-12-15-10-17(22)20(18(11-15)28-5-2)29-13-19(27)25-16-8-6-14(3)7-9-16/h6-12H,4-5,13H2,1-3H3,(H,25,27)(H2,23,26,30). The van der Waals surface area contributed by atoms with Gasteiger partial charge in [0.15, 0.2) is 23.2 Å². The van der Waals surface area contributed by atoms with Gasteiger partial charge < -0.3 is 20.1 Å². The number of amides is 1. The third kappa shape index (κ3) is 7.53. The van der Waals surface area contributed by atoms with Gasteiger partial charge in [0.1, 0.15) is 0 Å². The second kappa shape index (κ2) is 12.0. The molecule has 0 bridgehead atoms. The molecule has 2 rings (SSSR count). The maximum atomic E-state index is 12.2. The number of aryl methyl sites for hydroxylation is 1. The topological polar surface area (TPSA) is 84.0 Å². The predicted molar refractivity (Wildman–Crippen MR) is 125 cm³/mol. The second-order valence-electron chi connectivity index (χ2n) is 6.20. The van der Waals surface area contributed by atoms with Crippen LogP contribution in [0, 0.1) is 6.92 Å². The molecule has 0 radical (unpaired) electrons. The summed E-state index contributed by atoms with van der Waals surface area (Å²) in [5.41, 5.74) is 5.20. The highest BCUT2D eigenvalue weighted by molar-refractivity contribution is 7.80. The first kappa shape index (κ1) is 23.4. The van der Waals surface area contributed by atoms with E-state index in [2.05, 4.69) is 21.2 Å². The monoisotopic (exact) mass is 448 g/mol. The smallest absolute Gasteiger partial charge is 0.262 e. The number of carbonyl (C=O) groups is 1. The molecule has 1 amide bonds. The summed E-state index contributed by atoms with van der Waals surface area (Å²) in [4.78, 5) is 12.2. The number of hydrazone groups is 1. The maximum absolute atomic E-state index is 12.2. The number of thiocarbonyl (C=S) groups is 1. The van der Waals surface area contributed by atoms with Gasteiger partial charge in [-0.2, -0.15) is 5.10 Å². The van der Waals surface area contributed by atoms with Gasteiger partial charge in [0.2, 0.25) is 0 Å². The summed E-state index contributed by atoms with van der Waals surface area (Å²) in [7, 11) is 0. The fraction of sp³-hybridized carbons (Fsp3) is 0.286. The highest BCUT2D eigenvalue weighted by Gasteiger charge is 2.14. The second-order valence-corrected chi connectivity index (χ2v) is 7.01. The number of rotatable bonds is 9. The molecule has 0 aliphatic carbocycles. The molecule has 0 aromatic heterocycles. The molecule has 9 heteroatoms. The zero-order valence-electron chi connectivity index (χ0n) is 17.1. The molecule has 30 heavy (non-hydrogen) atoms. The van der Waals surface area contributed by atoms with Crippen LogP contribution in [0.1, 0.15) is 25.0 Å². The molecule has 2 aromatic carbocycles. The molecule has 0 saturated heterocycles. The van der Waals surface area contributed by atoms with Crippen molar-refractivity contribution in [3.05, 3.63) is 52.5 Å². The Kier molecular flexibility index (Phi) is 9.37. The fourth-order valence-corrected chi connectivity index (χ4v) is 2.87.